The molecule has 8 nitrogen and oxygen atoms in total. The first kappa shape index (κ1) is 19.8. The quantitative estimate of drug-likeness (QED) is 0.506. The average molecular weight is 380 g/mol. The minimum absolute atomic E-state index is 0.0728. The Labute approximate surface area is 152 Å². The number of rotatable bonds is 8. The van der Waals surface area contributed by atoms with E-state index in [0.717, 1.165) is 21.3 Å². The van der Waals surface area contributed by atoms with E-state index in [4.69, 9.17) is 0 Å². The Morgan fingerprint density at radius 3 is 2.19 bits per heavy atom. The molecule has 0 saturated heterocycles. The third-order valence-electron chi connectivity index (χ3n) is 3.70. The Morgan fingerprint density at radius 2 is 1.69 bits per heavy atom. The van der Waals surface area contributed by atoms with Crippen LogP contribution < -0.4 is 9.21 Å². The van der Waals surface area contributed by atoms with Gasteiger partial charge >= 0.3 is 0 Å². The highest BCUT2D eigenvalue weighted by Gasteiger charge is 2.28. The van der Waals surface area contributed by atoms with Gasteiger partial charge in [-0.25, -0.2) is 8.42 Å². The monoisotopic (exact) mass is 380 g/mol. The molecular weight excluding hydrogens is 358 g/mol. The first-order valence-electron chi connectivity index (χ1n) is 8.01. The molecule has 0 bridgehead atoms. The van der Waals surface area contributed by atoms with Gasteiger partial charge in [-0.15, -0.1) is 0 Å². The molecule has 0 saturated carbocycles. The van der Waals surface area contributed by atoms with Crippen LogP contribution in [-0.2, 0) is 10.0 Å². The first-order chi connectivity index (χ1) is 12.2. The van der Waals surface area contributed by atoms with Gasteiger partial charge in [-0.2, -0.15) is 0 Å². The number of aliphatic hydroxyl groups excluding tert-OH is 1. The summed E-state index contributed by atoms with van der Waals surface area (Å²) < 4.78 is 27.3. The van der Waals surface area contributed by atoms with Crippen molar-refractivity contribution in [2.24, 2.45) is 0 Å². The number of aliphatic hydroxyl groups is 1. The lowest BCUT2D eigenvalue weighted by atomic mass is 10.3. The van der Waals surface area contributed by atoms with E-state index in [2.05, 4.69) is 0 Å². The highest BCUT2D eigenvalue weighted by Crippen LogP contribution is 2.25. The van der Waals surface area contributed by atoms with Gasteiger partial charge in [0, 0.05) is 12.1 Å². The zero-order valence-electron chi connectivity index (χ0n) is 14.6. The predicted octanol–water partition coefficient (Wildman–Crippen LogP) is 0.296. The minimum atomic E-state index is -3.99. The number of hydrogen-bond donors (Lipinski definition) is 2. The highest BCUT2D eigenvalue weighted by atomic mass is 32.2. The number of hydrogen-bond acceptors (Lipinski definition) is 5. The van der Waals surface area contributed by atoms with Crippen molar-refractivity contribution >= 4 is 21.4 Å². The normalized spacial score (nSPS) is 12.8. The second-order valence-corrected chi connectivity index (χ2v) is 8.05. The van der Waals surface area contributed by atoms with Crippen LogP contribution in [0.5, 0.6) is 0 Å². The Balaban J connectivity index is 2.40. The van der Waals surface area contributed by atoms with Gasteiger partial charge in [0.15, 0.2) is 0 Å². The molecule has 0 aliphatic carbocycles. The van der Waals surface area contributed by atoms with Crippen molar-refractivity contribution in [1.82, 2.24) is 0 Å². The van der Waals surface area contributed by atoms with E-state index < -0.39 is 21.1 Å². The van der Waals surface area contributed by atoms with Gasteiger partial charge in [-0.3, -0.25) is 14.4 Å². The molecule has 2 aromatic carbocycles. The smallest absolute Gasteiger partial charge is 0.269 e. The van der Waals surface area contributed by atoms with Crippen LogP contribution in [0.25, 0.3) is 0 Å². The largest absolute Gasteiger partial charge is 0.385 e. The number of nitrogens with zero attached hydrogens (tertiary/aromatic N) is 2. The maximum Gasteiger partial charge on any atom is 0.269 e. The van der Waals surface area contributed by atoms with Crippen LogP contribution >= 0.6 is 0 Å². The summed E-state index contributed by atoms with van der Waals surface area (Å²) in [5.74, 6) is 0. The maximum atomic E-state index is 13.1. The molecule has 26 heavy (non-hydrogen) atoms. The summed E-state index contributed by atoms with van der Waals surface area (Å²) in [7, 11) is -0.262. The van der Waals surface area contributed by atoms with Crippen molar-refractivity contribution in [2.75, 3.05) is 31.5 Å². The zero-order valence-corrected chi connectivity index (χ0v) is 15.4. The minimum Gasteiger partial charge on any atom is -0.385 e. The van der Waals surface area contributed by atoms with Crippen molar-refractivity contribution in [3.63, 3.8) is 0 Å². The summed E-state index contributed by atoms with van der Waals surface area (Å²) in [5.41, 5.74) is 0.227. The highest BCUT2D eigenvalue weighted by molar-refractivity contribution is 7.92. The van der Waals surface area contributed by atoms with E-state index in [0.29, 0.717) is 12.2 Å². The number of anilines is 1. The number of nitro benzene ring substituents is 1. The number of nitrogens with one attached hydrogen (secondary N) is 1. The van der Waals surface area contributed by atoms with Crippen LogP contribution in [0, 0.1) is 10.1 Å². The lowest BCUT2D eigenvalue weighted by molar-refractivity contribution is -0.861. The average Bonchev–Trinajstić information content (AvgIpc) is 2.59. The third-order valence-corrected chi connectivity index (χ3v) is 5.51. The summed E-state index contributed by atoms with van der Waals surface area (Å²) >= 11 is 0. The van der Waals surface area contributed by atoms with E-state index in [9.17, 15) is 23.6 Å². The Kier molecular flexibility index (Phi) is 6.30. The van der Waals surface area contributed by atoms with Crippen LogP contribution in [0.4, 0.5) is 11.4 Å². The Hall–Kier alpha value is -2.49. The second kappa shape index (κ2) is 8.26. The molecule has 1 atom stereocenters. The molecule has 0 heterocycles. The van der Waals surface area contributed by atoms with Gasteiger partial charge in [-0.1, -0.05) is 18.2 Å². The molecule has 2 N–H and O–H groups in total. The van der Waals surface area contributed by atoms with Gasteiger partial charge in [-0.05, 0) is 24.3 Å². The number of likely N-dealkylation sites (N-methyl/N-ethyl adjacent to an activating group) is 1. The van der Waals surface area contributed by atoms with Crippen LogP contribution in [0.3, 0.4) is 0 Å². The fourth-order valence-electron chi connectivity index (χ4n) is 2.53. The number of para-hydroxylation sites is 1. The molecule has 9 heteroatoms. The van der Waals surface area contributed by atoms with E-state index >= 15 is 0 Å². The first-order valence-corrected chi connectivity index (χ1v) is 9.45. The van der Waals surface area contributed by atoms with E-state index in [1.165, 1.54) is 12.1 Å². The zero-order chi connectivity index (χ0) is 19.3. The van der Waals surface area contributed by atoms with Crippen LogP contribution in [-0.4, -0.2) is 51.7 Å². The van der Waals surface area contributed by atoms with Crippen LogP contribution in [0.2, 0.25) is 0 Å². The van der Waals surface area contributed by atoms with Crippen molar-refractivity contribution in [3.8, 4) is 0 Å². The van der Waals surface area contributed by atoms with Gasteiger partial charge in [0.05, 0.1) is 36.1 Å². The second-order valence-electron chi connectivity index (χ2n) is 6.19. The number of quaternary nitrogens is 1. The van der Waals surface area contributed by atoms with Gasteiger partial charge in [0.2, 0.25) is 0 Å². The molecule has 2 aromatic rings. The van der Waals surface area contributed by atoms with E-state index in [1.54, 1.807) is 30.3 Å². The molecule has 0 aliphatic heterocycles. The lowest BCUT2D eigenvalue weighted by Crippen LogP contribution is -3.07. The third kappa shape index (κ3) is 4.78. The predicted molar refractivity (Wildman–Crippen MR) is 97.8 cm³/mol. The molecule has 0 amide bonds. The number of non-ortho nitro benzene ring substituents is 1. The molecule has 0 radical (unpaired) electrons. The SMILES string of the molecule is C[NH+](C)C[C@H](O)CN(c1ccccc1)S(=O)(=O)c1ccc([N+](=O)[O-])cc1. The number of benzene rings is 2. The molecule has 0 aromatic heterocycles. The number of sulfonamides is 1. The summed E-state index contributed by atoms with van der Waals surface area (Å²) in [6, 6.07) is 13.2. The standard InChI is InChI=1S/C17H21N3O5S/c1-18(2)12-16(21)13-19(14-6-4-3-5-7-14)26(24,25)17-10-8-15(9-11-17)20(22)23/h3-11,16,21H,12-13H2,1-2H3/p+1/t16-/m0/s1. The summed E-state index contributed by atoms with van der Waals surface area (Å²) in [4.78, 5) is 11.1. The van der Waals surface area contributed by atoms with Crippen molar-refractivity contribution in [3.05, 3.63) is 64.7 Å². The van der Waals surface area contributed by atoms with Crippen molar-refractivity contribution < 1.29 is 23.3 Å². The van der Waals surface area contributed by atoms with E-state index in [-0.39, 0.29) is 17.1 Å². The molecular formula is C17H22N3O5S+. The number of nitro groups is 1. The van der Waals surface area contributed by atoms with Gasteiger partial charge < -0.3 is 10.0 Å². The molecule has 2 rings (SSSR count). The van der Waals surface area contributed by atoms with Crippen LogP contribution in [0.15, 0.2) is 59.5 Å². The molecule has 0 unspecified atom stereocenters. The fourth-order valence-corrected chi connectivity index (χ4v) is 4.03. The lowest BCUT2D eigenvalue weighted by Gasteiger charge is -2.27. The topological polar surface area (TPSA) is 105 Å². The molecule has 0 spiro atoms. The summed E-state index contributed by atoms with van der Waals surface area (Å²) in [6.45, 7) is 0.258. The van der Waals surface area contributed by atoms with Gasteiger partial charge in [0.25, 0.3) is 15.7 Å². The van der Waals surface area contributed by atoms with E-state index in [1.807, 2.05) is 14.1 Å². The summed E-state index contributed by atoms with van der Waals surface area (Å²) in [5, 5.41) is 21.0. The Morgan fingerprint density at radius 1 is 1.12 bits per heavy atom. The maximum absolute atomic E-state index is 13.1. The van der Waals surface area contributed by atoms with Crippen molar-refractivity contribution in [2.45, 2.75) is 11.0 Å². The van der Waals surface area contributed by atoms with Crippen LogP contribution in [0.1, 0.15) is 0 Å². The molecule has 140 valence electrons. The molecule has 0 aliphatic rings. The Bertz CT molecular complexity index is 838. The molecule has 0 fully saturated rings. The fraction of sp³-hybridized carbons (Fsp3) is 0.294. The summed E-state index contributed by atoms with van der Waals surface area (Å²) in [6.07, 6.45) is -0.868. The van der Waals surface area contributed by atoms with Crippen molar-refractivity contribution in [1.29, 1.82) is 0 Å². The van der Waals surface area contributed by atoms with Gasteiger partial charge in [0.1, 0.15) is 12.6 Å².